The van der Waals surface area contributed by atoms with Crippen LogP contribution in [0.5, 0.6) is 17.2 Å². The highest BCUT2D eigenvalue weighted by atomic mass is 35.5. The summed E-state index contributed by atoms with van der Waals surface area (Å²) >= 11 is 18.1. The second kappa shape index (κ2) is 10.6. The molecule has 0 aliphatic rings. The van der Waals surface area contributed by atoms with Crippen molar-refractivity contribution in [1.82, 2.24) is 5.32 Å². The molecule has 9 heteroatoms. The third-order valence-corrected chi connectivity index (χ3v) is 4.71. The quantitative estimate of drug-likeness (QED) is 0.600. The van der Waals surface area contributed by atoms with Crippen molar-refractivity contribution >= 4 is 40.7 Å². The zero-order valence-corrected chi connectivity index (χ0v) is 17.6. The van der Waals surface area contributed by atoms with Crippen LogP contribution in [0, 0.1) is 0 Å². The van der Waals surface area contributed by atoms with Gasteiger partial charge in [-0.2, -0.15) is 0 Å². The lowest BCUT2D eigenvalue weighted by Crippen LogP contribution is -2.35. The van der Waals surface area contributed by atoms with Gasteiger partial charge in [0.05, 0.1) is 23.8 Å². The molecular weight excluding hydrogens is 429 g/mol. The van der Waals surface area contributed by atoms with E-state index in [4.69, 9.17) is 49.0 Å². The van der Waals surface area contributed by atoms with Crippen molar-refractivity contribution in [1.29, 1.82) is 0 Å². The standard InChI is InChI=1S/C19H20Cl3NO5/c1-3-27-18-14(21)7-11(8-16(18)26-2)19(25)23-9-12(24)10-28-15-6-4-5-13(20)17(15)22/h4-8,12,24H,3,9-10H2,1-2H3,(H,23,25). The van der Waals surface area contributed by atoms with E-state index in [-0.39, 0.29) is 28.8 Å². The monoisotopic (exact) mass is 447 g/mol. The molecule has 0 fully saturated rings. The van der Waals surface area contributed by atoms with Crippen LogP contribution in [0.2, 0.25) is 15.1 Å². The molecule has 0 spiro atoms. The van der Waals surface area contributed by atoms with Gasteiger partial charge < -0.3 is 24.6 Å². The van der Waals surface area contributed by atoms with Gasteiger partial charge in [0.2, 0.25) is 0 Å². The lowest BCUT2D eigenvalue weighted by Gasteiger charge is -2.15. The van der Waals surface area contributed by atoms with Crippen molar-refractivity contribution in [2.45, 2.75) is 13.0 Å². The van der Waals surface area contributed by atoms with Crippen LogP contribution in [0.3, 0.4) is 0 Å². The zero-order chi connectivity index (χ0) is 20.7. The summed E-state index contributed by atoms with van der Waals surface area (Å²) < 4.78 is 16.1. The molecule has 0 saturated heterocycles. The summed E-state index contributed by atoms with van der Waals surface area (Å²) in [7, 11) is 1.46. The molecule has 1 amide bonds. The first-order valence-electron chi connectivity index (χ1n) is 8.40. The largest absolute Gasteiger partial charge is 0.493 e. The van der Waals surface area contributed by atoms with Gasteiger partial charge in [0.25, 0.3) is 5.91 Å². The Bertz CT molecular complexity index is 831. The predicted molar refractivity (Wildman–Crippen MR) is 109 cm³/mol. The molecule has 0 heterocycles. The maximum absolute atomic E-state index is 12.4. The average molecular weight is 449 g/mol. The summed E-state index contributed by atoms with van der Waals surface area (Å²) in [5.74, 6) is 0.639. The fourth-order valence-corrected chi connectivity index (χ4v) is 2.90. The topological polar surface area (TPSA) is 77.0 Å². The van der Waals surface area contributed by atoms with E-state index in [1.807, 2.05) is 6.92 Å². The Labute approximate surface area is 178 Å². The van der Waals surface area contributed by atoms with E-state index < -0.39 is 12.0 Å². The van der Waals surface area contributed by atoms with Crippen LogP contribution >= 0.6 is 34.8 Å². The molecule has 2 aromatic carbocycles. The minimum absolute atomic E-state index is 0.0375. The molecule has 2 aromatic rings. The van der Waals surface area contributed by atoms with Crippen molar-refractivity contribution in [3.05, 3.63) is 51.0 Å². The number of aliphatic hydroxyl groups excluding tert-OH is 1. The van der Waals surface area contributed by atoms with Gasteiger partial charge >= 0.3 is 0 Å². The highest BCUT2D eigenvalue weighted by molar-refractivity contribution is 6.42. The molecule has 152 valence electrons. The average Bonchev–Trinajstić information content (AvgIpc) is 2.68. The number of ether oxygens (including phenoxy) is 3. The Hall–Kier alpha value is -1.86. The molecular formula is C19H20Cl3NO5. The number of amides is 1. The van der Waals surface area contributed by atoms with E-state index in [0.717, 1.165) is 0 Å². The summed E-state index contributed by atoms with van der Waals surface area (Å²) in [4.78, 5) is 12.4. The molecule has 1 unspecified atom stereocenters. The number of hydrogen-bond donors (Lipinski definition) is 2. The first kappa shape index (κ1) is 22.4. The van der Waals surface area contributed by atoms with Crippen molar-refractivity contribution in [2.75, 3.05) is 26.9 Å². The fourth-order valence-electron chi connectivity index (χ4n) is 2.29. The molecule has 28 heavy (non-hydrogen) atoms. The van der Waals surface area contributed by atoms with E-state index in [0.29, 0.717) is 28.9 Å². The summed E-state index contributed by atoms with van der Waals surface area (Å²) in [6, 6.07) is 7.93. The number of halogens is 3. The van der Waals surface area contributed by atoms with Gasteiger partial charge in [-0.3, -0.25) is 4.79 Å². The van der Waals surface area contributed by atoms with Crippen molar-refractivity contribution in [2.24, 2.45) is 0 Å². The van der Waals surface area contributed by atoms with Crippen molar-refractivity contribution in [3.8, 4) is 17.2 Å². The Morgan fingerprint density at radius 1 is 1.14 bits per heavy atom. The number of carbonyl (C=O) groups is 1. The first-order chi connectivity index (χ1) is 13.4. The fraction of sp³-hybridized carbons (Fsp3) is 0.316. The maximum atomic E-state index is 12.4. The molecule has 0 radical (unpaired) electrons. The van der Waals surface area contributed by atoms with Crippen LogP contribution < -0.4 is 19.5 Å². The number of nitrogens with one attached hydrogen (secondary N) is 1. The molecule has 0 saturated carbocycles. The predicted octanol–water partition coefficient (Wildman–Crippen LogP) is 4.22. The lowest BCUT2D eigenvalue weighted by molar-refractivity contribution is 0.0843. The number of carbonyl (C=O) groups excluding carboxylic acids is 1. The van der Waals surface area contributed by atoms with E-state index in [1.165, 1.54) is 19.2 Å². The molecule has 0 bridgehead atoms. The van der Waals surface area contributed by atoms with Gasteiger partial charge in [-0.05, 0) is 31.2 Å². The molecule has 2 N–H and O–H groups in total. The Kier molecular flexibility index (Phi) is 8.51. The third-order valence-electron chi connectivity index (χ3n) is 3.63. The molecule has 1 atom stereocenters. The number of benzene rings is 2. The SMILES string of the molecule is CCOc1c(Cl)cc(C(=O)NCC(O)COc2cccc(Cl)c2Cl)cc1OC. The smallest absolute Gasteiger partial charge is 0.251 e. The van der Waals surface area contributed by atoms with E-state index in [2.05, 4.69) is 5.32 Å². The molecule has 6 nitrogen and oxygen atoms in total. The summed E-state index contributed by atoms with van der Waals surface area (Å²) in [6.45, 7) is 2.11. The number of rotatable bonds is 9. The van der Waals surface area contributed by atoms with E-state index in [9.17, 15) is 9.90 Å². The van der Waals surface area contributed by atoms with Crippen LogP contribution in [-0.4, -0.2) is 44.0 Å². The number of hydrogen-bond acceptors (Lipinski definition) is 5. The highest BCUT2D eigenvalue weighted by Crippen LogP contribution is 2.36. The molecule has 2 rings (SSSR count). The molecule has 0 aromatic heterocycles. The van der Waals surface area contributed by atoms with Crippen LogP contribution in [-0.2, 0) is 0 Å². The van der Waals surface area contributed by atoms with Crippen molar-refractivity contribution in [3.63, 3.8) is 0 Å². The summed E-state index contributed by atoms with van der Waals surface area (Å²) in [6.07, 6.45) is -0.959. The normalized spacial score (nSPS) is 11.6. The van der Waals surface area contributed by atoms with Crippen molar-refractivity contribution < 1.29 is 24.1 Å². The van der Waals surface area contributed by atoms with Gasteiger partial charge in [-0.25, -0.2) is 0 Å². The number of methoxy groups -OCH3 is 1. The summed E-state index contributed by atoms with van der Waals surface area (Å²) in [5, 5.41) is 13.5. The Morgan fingerprint density at radius 3 is 2.57 bits per heavy atom. The zero-order valence-electron chi connectivity index (χ0n) is 15.3. The van der Waals surface area contributed by atoms with Crippen LogP contribution in [0.1, 0.15) is 17.3 Å². The molecule has 0 aliphatic carbocycles. The van der Waals surface area contributed by atoms with Gasteiger partial charge in [0.1, 0.15) is 23.5 Å². The minimum Gasteiger partial charge on any atom is -0.493 e. The van der Waals surface area contributed by atoms with E-state index in [1.54, 1.807) is 18.2 Å². The van der Waals surface area contributed by atoms with Crippen LogP contribution in [0.4, 0.5) is 0 Å². The number of aliphatic hydroxyl groups is 1. The van der Waals surface area contributed by atoms with Gasteiger partial charge in [-0.1, -0.05) is 40.9 Å². The highest BCUT2D eigenvalue weighted by Gasteiger charge is 2.17. The second-order valence-electron chi connectivity index (χ2n) is 5.65. The van der Waals surface area contributed by atoms with Crippen LogP contribution in [0.15, 0.2) is 30.3 Å². The molecule has 0 aliphatic heterocycles. The van der Waals surface area contributed by atoms with Gasteiger partial charge in [-0.15, -0.1) is 0 Å². The van der Waals surface area contributed by atoms with Gasteiger partial charge in [0, 0.05) is 12.1 Å². The Morgan fingerprint density at radius 2 is 1.89 bits per heavy atom. The summed E-state index contributed by atoms with van der Waals surface area (Å²) in [5.41, 5.74) is 0.274. The van der Waals surface area contributed by atoms with E-state index >= 15 is 0 Å². The van der Waals surface area contributed by atoms with Crippen LogP contribution in [0.25, 0.3) is 0 Å². The third kappa shape index (κ3) is 5.82. The lowest BCUT2D eigenvalue weighted by atomic mass is 10.2. The van der Waals surface area contributed by atoms with Gasteiger partial charge in [0.15, 0.2) is 11.5 Å². The second-order valence-corrected chi connectivity index (χ2v) is 6.84. The Balaban J connectivity index is 1.94. The first-order valence-corrected chi connectivity index (χ1v) is 9.54. The minimum atomic E-state index is -0.959. The maximum Gasteiger partial charge on any atom is 0.251 e.